The molecular weight excluding hydrogens is 348 g/mol. The summed E-state index contributed by atoms with van der Waals surface area (Å²) in [5, 5.41) is 21.2. The molecule has 0 aliphatic carbocycles. The average molecular weight is 366 g/mol. The fraction of sp³-hybridized carbons (Fsp3) is 0.158. The Morgan fingerprint density at radius 1 is 1.15 bits per heavy atom. The molecule has 0 saturated carbocycles. The summed E-state index contributed by atoms with van der Waals surface area (Å²) in [6.07, 6.45) is 1.59. The first-order chi connectivity index (χ1) is 12.6. The molecule has 1 heterocycles. The molecule has 0 fully saturated rings. The third kappa shape index (κ3) is 3.94. The second kappa shape index (κ2) is 7.88. The van der Waals surface area contributed by atoms with Gasteiger partial charge in [0, 0.05) is 24.1 Å². The van der Waals surface area contributed by atoms with E-state index < -0.39 is 4.92 Å². The zero-order valence-electron chi connectivity index (χ0n) is 14.5. The maximum atomic E-state index is 10.7. The van der Waals surface area contributed by atoms with E-state index in [-0.39, 0.29) is 5.69 Å². The molecule has 3 rings (SSSR count). The van der Waals surface area contributed by atoms with Gasteiger partial charge in [-0.2, -0.15) is 5.10 Å². The molecule has 0 atom stereocenters. The molecule has 0 aliphatic heterocycles. The van der Waals surface area contributed by atoms with Crippen molar-refractivity contribution in [3.05, 3.63) is 80.0 Å². The number of benzene rings is 2. The third-order valence-electron chi connectivity index (χ3n) is 3.92. The van der Waals surface area contributed by atoms with Crippen LogP contribution in [0, 0.1) is 17.0 Å². The van der Waals surface area contributed by atoms with E-state index in [2.05, 4.69) is 58.3 Å². The van der Waals surface area contributed by atoms with Crippen molar-refractivity contribution in [3.8, 4) is 11.3 Å². The minimum absolute atomic E-state index is 0.0592. The Balaban J connectivity index is 1.87. The molecule has 0 saturated heterocycles. The predicted octanol–water partition coefficient (Wildman–Crippen LogP) is 4.39. The van der Waals surface area contributed by atoms with Gasteiger partial charge in [0.2, 0.25) is 4.80 Å². The van der Waals surface area contributed by atoms with Crippen LogP contribution in [-0.4, -0.2) is 15.7 Å². The van der Waals surface area contributed by atoms with E-state index in [0.29, 0.717) is 0 Å². The molecule has 1 aromatic heterocycles. The zero-order valence-corrected chi connectivity index (χ0v) is 15.3. The van der Waals surface area contributed by atoms with Crippen LogP contribution in [-0.2, 0) is 6.54 Å². The normalized spacial score (nSPS) is 12.0. The van der Waals surface area contributed by atoms with Crippen LogP contribution < -0.4 is 4.80 Å². The second-order valence-corrected chi connectivity index (χ2v) is 6.54. The van der Waals surface area contributed by atoms with E-state index in [4.69, 9.17) is 0 Å². The van der Waals surface area contributed by atoms with Gasteiger partial charge in [0.15, 0.2) is 0 Å². The van der Waals surface area contributed by atoms with Crippen LogP contribution in [0.3, 0.4) is 0 Å². The Labute approximate surface area is 154 Å². The molecule has 2 aromatic carbocycles. The molecular formula is C19H18N4O2S. The summed E-state index contributed by atoms with van der Waals surface area (Å²) in [5.41, 5.74) is 4.31. The first-order valence-corrected chi connectivity index (χ1v) is 9.03. The van der Waals surface area contributed by atoms with Crippen molar-refractivity contribution in [1.29, 1.82) is 0 Å². The standard InChI is InChI=1S/C19H18N4O2S/c1-3-22-18(16-8-4-14(2)5-9-16)13-26-19(22)21-20-12-15-6-10-17(11-7-15)23(24)25/h4-13H,3H2,1-2H3/b20-12-,21-19-. The fourth-order valence-corrected chi connectivity index (χ4v) is 3.43. The first-order valence-electron chi connectivity index (χ1n) is 8.15. The van der Waals surface area contributed by atoms with Crippen LogP contribution in [0.25, 0.3) is 11.3 Å². The third-order valence-corrected chi connectivity index (χ3v) is 4.77. The topological polar surface area (TPSA) is 72.8 Å². The highest BCUT2D eigenvalue weighted by molar-refractivity contribution is 7.07. The zero-order chi connectivity index (χ0) is 18.5. The van der Waals surface area contributed by atoms with Crippen molar-refractivity contribution >= 4 is 23.2 Å². The molecule has 0 N–H and O–H groups in total. The van der Waals surface area contributed by atoms with Gasteiger partial charge in [-0.15, -0.1) is 16.4 Å². The molecule has 6 nitrogen and oxygen atoms in total. The quantitative estimate of drug-likeness (QED) is 0.382. The van der Waals surface area contributed by atoms with Gasteiger partial charge >= 0.3 is 0 Å². The maximum Gasteiger partial charge on any atom is 0.269 e. The second-order valence-electron chi connectivity index (χ2n) is 5.71. The van der Waals surface area contributed by atoms with Crippen LogP contribution in [0.15, 0.2) is 64.1 Å². The van der Waals surface area contributed by atoms with Gasteiger partial charge in [-0.3, -0.25) is 10.1 Å². The highest BCUT2D eigenvalue weighted by atomic mass is 32.1. The monoisotopic (exact) mass is 366 g/mol. The van der Waals surface area contributed by atoms with Crippen molar-refractivity contribution < 1.29 is 4.92 Å². The lowest BCUT2D eigenvalue weighted by Crippen LogP contribution is -2.14. The summed E-state index contributed by atoms with van der Waals surface area (Å²) in [5.74, 6) is 0. The van der Waals surface area contributed by atoms with Crippen molar-refractivity contribution in [2.75, 3.05) is 0 Å². The van der Waals surface area contributed by atoms with E-state index in [0.717, 1.165) is 28.2 Å². The Hall–Kier alpha value is -3.06. The fourth-order valence-electron chi connectivity index (χ4n) is 2.50. The smallest absolute Gasteiger partial charge is 0.269 e. The summed E-state index contributed by atoms with van der Waals surface area (Å²) < 4.78 is 2.11. The Bertz CT molecular complexity index is 999. The van der Waals surface area contributed by atoms with Gasteiger partial charge in [0.1, 0.15) is 0 Å². The lowest BCUT2D eigenvalue weighted by molar-refractivity contribution is -0.384. The summed E-state index contributed by atoms with van der Waals surface area (Å²) >= 11 is 1.53. The van der Waals surface area contributed by atoms with E-state index in [1.165, 1.54) is 29.0 Å². The van der Waals surface area contributed by atoms with Crippen molar-refractivity contribution in [2.45, 2.75) is 20.4 Å². The van der Waals surface area contributed by atoms with E-state index in [1.807, 2.05) is 0 Å². The number of aromatic nitrogens is 1. The average Bonchev–Trinajstić information content (AvgIpc) is 3.05. The SMILES string of the molecule is CCn1c(-c2ccc(C)cc2)cs/c1=N\N=C/c1ccc([N+](=O)[O-])cc1. The molecule has 3 aromatic rings. The number of rotatable bonds is 5. The highest BCUT2D eigenvalue weighted by Crippen LogP contribution is 2.20. The van der Waals surface area contributed by atoms with Gasteiger partial charge in [-0.1, -0.05) is 29.8 Å². The predicted molar refractivity (Wildman–Crippen MR) is 104 cm³/mol. The number of nitro benzene ring substituents is 1. The molecule has 0 aliphatic rings. The number of thiazole rings is 1. The number of nitrogens with zero attached hydrogens (tertiary/aromatic N) is 4. The van der Waals surface area contributed by atoms with E-state index in [1.54, 1.807) is 18.3 Å². The minimum atomic E-state index is -0.423. The van der Waals surface area contributed by atoms with Crippen molar-refractivity contribution in [2.24, 2.45) is 10.2 Å². The number of nitro groups is 1. The number of aryl methyl sites for hydroxylation is 1. The first kappa shape index (κ1) is 17.8. The van der Waals surface area contributed by atoms with Crippen LogP contribution in [0.5, 0.6) is 0 Å². The van der Waals surface area contributed by atoms with Crippen LogP contribution in [0.4, 0.5) is 5.69 Å². The van der Waals surface area contributed by atoms with Crippen LogP contribution >= 0.6 is 11.3 Å². The van der Waals surface area contributed by atoms with Gasteiger partial charge < -0.3 is 4.57 Å². The van der Waals surface area contributed by atoms with Crippen molar-refractivity contribution in [1.82, 2.24) is 4.57 Å². The molecule has 26 heavy (non-hydrogen) atoms. The number of hydrogen-bond acceptors (Lipinski definition) is 5. The summed E-state index contributed by atoms with van der Waals surface area (Å²) in [6, 6.07) is 14.6. The largest absolute Gasteiger partial charge is 0.315 e. The number of hydrogen-bond donors (Lipinski definition) is 0. The summed E-state index contributed by atoms with van der Waals surface area (Å²) in [4.78, 5) is 11.1. The Kier molecular flexibility index (Phi) is 5.38. The Morgan fingerprint density at radius 2 is 1.85 bits per heavy atom. The maximum absolute atomic E-state index is 10.7. The van der Waals surface area contributed by atoms with E-state index in [9.17, 15) is 10.1 Å². The lowest BCUT2D eigenvalue weighted by Gasteiger charge is -2.05. The molecule has 0 radical (unpaired) electrons. The number of non-ortho nitro benzene ring substituents is 1. The molecule has 0 amide bonds. The van der Waals surface area contributed by atoms with Crippen LogP contribution in [0.2, 0.25) is 0 Å². The molecule has 0 bridgehead atoms. The molecule has 0 unspecified atom stereocenters. The van der Waals surface area contributed by atoms with Gasteiger partial charge in [-0.05, 0) is 37.1 Å². The molecule has 0 spiro atoms. The Morgan fingerprint density at radius 3 is 2.46 bits per heavy atom. The molecule has 132 valence electrons. The summed E-state index contributed by atoms with van der Waals surface area (Å²) in [6.45, 7) is 4.93. The summed E-state index contributed by atoms with van der Waals surface area (Å²) in [7, 11) is 0. The van der Waals surface area contributed by atoms with Gasteiger partial charge in [0.05, 0.1) is 16.8 Å². The molecule has 7 heteroatoms. The lowest BCUT2D eigenvalue weighted by atomic mass is 10.1. The minimum Gasteiger partial charge on any atom is -0.315 e. The van der Waals surface area contributed by atoms with Gasteiger partial charge in [-0.25, -0.2) is 0 Å². The van der Waals surface area contributed by atoms with E-state index >= 15 is 0 Å². The van der Waals surface area contributed by atoms with Gasteiger partial charge in [0.25, 0.3) is 5.69 Å². The van der Waals surface area contributed by atoms with Crippen molar-refractivity contribution in [3.63, 3.8) is 0 Å². The highest BCUT2D eigenvalue weighted by Gasteiger charge is 2.06. The van der Waals surface area contributed by atoms with Crippen LogP contribution in [0.1, 0.15) is 18.1 Å².